The van der Waals surface area contributed by atoms with Gasteiger partial charge in [0.15, 0.2) is 0 Å². The smallest absolute Gasteiger partial charge is 0.223 e. The lowest BCUT2D eigenvalue weighted by atomic mass is 9.92. The Balaban J connectivity index is 0.00000225. The summed E-state index contributed by atoms with van der Waals surface area (Å²) in [4.78, 5) is 12.4. The van der Waals surface area contributed by atoms with Gasteiger partial charge in [-0.25, -0.2) is 4.39 Å². The molecular formula is C22H26ClFN2O2. The van der Waals surface area contributed by atoms with E-state index in [9.17, 15) is 9.18 Å². The average molecular weight is 405 g/mol. The molecule has 0 radical (unpaired) electrons. The Labute approximate surface area is 171 Å². The molecule has 1 aliphatic carbocycles. The highest BCUT2D eigenvalue weighted by atomic mass is 35.5. The van der Waals surface area contributed by atoms with Crippen LogP contribution in [0.1, 0.15) is 30.4 Å². The highest BCUT2D eigenvalue weighted by Gasteiger charge is 2.57. The van der Waals surface area contributed by atoms with E-state index in [2.05, 4.69) is 10.6 Å². The van der Waals surface area contributed by atoms with E-state index < -0.39 is 0 Å². The molecule has 2 fully saturated rings. The quantitative estimate of drug-likeness (QED) is 0.769. The number of carbonyl (C=O) groups excluding carboxylic acids is 1. The van der Waals surface area contributed by atoms with Gasteiger partial charge in [0.25, 0.3) is 0 Å². The van der Waals surface area contributed by atoms with Crippen molar-refractivity contribution >= 4 is 18.3 Å². The molecule has 1 amide bonds. The Morgan fingerprint density at radius 3 is 2.61 bits per heavy atom. The molecule has 1 spiro atoms. The summed E-state index contributed by atoms with van der Waals surface area (Å²) in [5.41, 5.74) is 2.10. The van der Waals surface area contributed by atoms with Gasteiger partial charge in [-0.2, -0.15) is 0 Å². The molecular weight excluding hydrogens is 379 g/mol. The first kappa shape index (κ1) is 20.6. The van der Waals surface area contributed by atoms with E-state index >= 15 is 0 Å². The van der Waals surface area contributed by atoms with Crippen molar-refractivity contribution in [2.45, 2.75) is 32.4 Å². The van der Waals surface area contributed by atoms with Gasteiger partial charge in [-0.3, -0.25) is 4.79 Å². The molecule has 1 heterocycles. The zero-order valence-electron chi connectivity index (χ0n) is 15.7. The fourth-order valence-corrected chi connectivity index (χ4v) is 4.00. The molecule has 1 aliphatic heterocycles. The van der Waals surface area contributed by atoms with Crippen molar-refractivity contribution in [2.75, 3.05) is 13.1 Å². The maximum atomic E-state index is 13.2. The Bertz CT molecular complexity index is 806. The van der Waals surface area contributed by atoms with Crippen LogP contribution in [0.2, 0.25) is 0 Å². The van der Waals surface area contributed by atoms with Crippen molar-refractivity contribution < 1.29 is 13.9 Å². The number of hydrogen-bond acceptors (Lipinski definition) is 3. The van der Waals surface area contributed by atoms with Crippen molar-refractivity contribution in [3.63, 3.8) is 0 Å². The third-order valence-electron chi connectivity index (χ3n) is 5.79. The summed E-state index contributed by atoms with van der Waals surface area (Å²) in [5, 5.41) is 6.44. The molecule has 0 bridgehead atoms. The predicted octanol–water partition coefficient (Wildman–Crippen LogP) is 3.83. The number of rotatable bonds is 6. The van der Waals surface area contributed by atoms with Crippen LogP contribution in [0.5, 0.6) is 5.75 Å². The third kappa shape index (κ3) is 4.83. The molecule has 0 aromatic heterocycles. The Kier molecular flexibility index (Phi) is 6.57. The van der Waals surface area contributed by atoms with Crippen LogP contribution in [0.3, 0.4) is 0 Å². The molecule has 2 aromatic carbocycles. The molecule has 150 valence electrons. The van der Waals surface area contributed by atoms with E-state index in [0.29, 0.717) is 13.2 Å². The first-order valence-corrected chi connectivity index (χ1v) is 9.59. The van der Waals surface area contributed by atoms with Gasteiger partial charge in [0.1, 0.15) is 18.2 Å². The molecule has 1 unspecified atom stereocenters. The third-order valence-corrected chi connectivity index (χ3v) is 5.79. The second-order valence-corrected chi connectivity index (χ2v) is 7.65. The highest BCUT2D eigenvalue weighted by Crippen LogP contribution is 2.58. The zero-order valence-corrected chi connectivity index (χ0v) is 16.6. The van der Waals surface area contributed by atoms with Crippen LogP contribution in [-0.2, 0) is 17.9 Å². The fourth-order valence-electron chi connectivity index (χ4n) is 4.00. The number of hydrogen-bond donors (Lipinski definition) is 2. The Hall–Kier alpha value is -2.11. The number of ether oxygens (including phenoxy) is 1. The fraction of sp³-hybridized carbons (Fsp3) is 0.409. The zero-order chi connectivity index (χ0) is 18.7. The predicted molar refractivity (Wildman–Crippen MR) is 109 cm³/mol. The van der Waals surface area contributed by atoms with E-state index in [4.69, 9.17) is 4.74 Å². The number of carbonyl (C=O) groups is 1. The van der Waals surface area contributed by atoms with Gasteiger partial charge >= 0.3 is 0 Å². The second kappa shape index (κ2) is 8.93. The van der Waals surface area contributed by atoms with Crippen molar-refractivity contribution in [3.8, 4) is 5.75 Å². The molecule has 2 aliphatic rings. The highest BCUT2D eigenvalue weighted by molar-refractivity contribution is 5.85. The van der Waals surface area contributed by atoms with E-state index in [1.807, 2.05) is 30.3 Å². The van der Waals surface area contributed by atoms with E-state index in [0.717, 1.165) is 49.2 Å². The molecule has 6 heteroatoms. The summed E-state index contributed by atoms with van der Waals surface area (Å²) in [6.45, 7) is 2.92. The van der Waals surface area contributed by atoms with Crippen molar-refractivity contribution in [3.05, 3.63) is 65.5 Å². The summed E-state index contributed by atoms with van der Waals surface area (Å²) in [6, 6.07) is 14.1. The van der Waals surface area contributed by atoms with E-state index in [1.165, 1.54) is 12.1 Å². The lowest BCUT2D eigenvalue weighted by molar-refractivity contribution is -0.123. The molecule has 28 heavy (non-hydrogen) atoms. The molecule has 1 atom stereocenters. The van der Waals surface area contributed by atoms with Gasteiger partial charge in [-0.1, -0.05) is 24.3 Å². The number of benzene rings is 2. The molecule has 1 saturated carbocycles. The normalized spacial score (nSPS) is 19.5. The van der Waals surface area contributed by atoms with Crippen LogP contribution in [0.4, 0.5) is 4.39 Å². The minimum atomic E-state index is -0.260. The summed E-state index contributed by atoms with van der Waals surface area (Å²) < 4.78 is 18.9. The van der Waals surface area contributed by atoms with Gasteiger partial charge in [0, 0.05) is 12.5 Å². The van der Waals surface area contributed by atoms with Crippen LogP contribution in [0.25, 0.3) is 0 Å². The summed E-state index contributed by atoms with van der Waals surface area (Å²) >= 11 is 0. The summed E-state index contributed by atoms with van der Waals surface area (Å²) in [7, 11) is 0. The van der Waals surface area contributed by atoms with Crippen molar-refractivity contribution in [1.29, 1.82) is 0 Å². The second-order valence-electron chi connectivity index (χ2n) is 7.65. The van der Waals surface area contributed by atoms with Crippen LogP contribution < -0.4 is 15.4 Å². The SMILES string of the molecule is Cl.O=C(NCc1ccc(OCc2cccc(F)c2)cc1)C1CC12CCNCC2. The van der Waals surface area contributed by atoms with Crippen molar-refractivity contribution in [1.82, 2.24) is 10.6 Å². The number of halogens is 2. The standard InChI is InChI=1S/C22H25FN2O2.ClH/c23-18-3-1-2-17(12-18)15-27-19-6-4-16(5-7-19)14-25-21(26)20-13-22(20)8-10-24-11-9-22;/h1-7,12,20,24H,8-11,13-15H2,(H,25,26);1H. The first-order valence-electron chi connectivity index (χ1n) is 9.59. The molecule has 4 nitrogen and oxygen atoms in total. The maximum absolute atomic E-state index is 13.2. The topological polar surface area (TPSA) is 50.4 Å². The van der Waals surface area contributed by atoms with E-state index in [1.54, 1.807) is 6.07 Å². The van der Waals surface area contributed by atoms with Crippen molar-refractivity contribution in [2.24, 2.45) is 11.3 Å². The van der Waals surface area contributed by atoms with Crippen LogP contribution in [-0.4, -0.2) is 19.0 Å². The van der Waals surface area contributed by atoms with Crippen LogP contribution in [0, 0.1) is 17.2 Å². The first-order chi connectivity index (χ1) is 13.1. The summed E-state index contributed by atoms with van der Waals surface area (Å²) in [6.07, 6.45) is 3.26. The van der Waals surface area contributed by atoms with Gasteiger partial charge in [0.2, 0.25) is 5.91 Å². The minimum Gasteiger partial charge on any atom is -0.489 e. The molecule has 1 saturated heterocycles. The Morgan fingerprint density at radius 2 is 1.89 bits per heavy atom. The largest absolute Gasteiger partial charge is 0.489 e. The van der Waals surface area contributed by atoms with Gasteiger partial charge in [-0.15, -0.1) is 12.4 Å². The van der Waals surface area contributed by atoms with E-state index in [-0.39, 0.29) is 35.5 Å². The van der Waals surface area contributed by atoms with Gasteiger partial charge in [0.05, 0.1) is 0 Å². The average Bonchev–Trinajstić information content (AvgIpc) is 3.39. The number of nitrogens with one attached hydrogen (secondary N) is 2. The summed E-state index contributed by atoms with van der Waals surface area (Å²) in [5.74, 6) is 0.839. The van der Waals surface area contributed by atoms with Gasteiger partial charge < -0.3 is 15.4 Å². The molecule has 2 aromatic rings. The molecule has 2 N–H and O–H groups in total. The Morgan fingerprint density at radius 1 is 1.14 bits per heavy atom. The van der Waals surface area contributed by atoms with Crippen LogP contribution in [0.15, 0.2) is 48.5 Å². The van der Waals surface area contributed by atoms with Crippen LogP contribution >= 0.6 is 12.4 Å². The molecule has 4 rings (SSSR count). The maximum Gasteiger partial charge on any atom is 0.223 e. The van der Waals surface area contributed by atoms with Gasteiger partial charge in [-0.05, 0) is 73.2 Å². The monoisotopic (exact) mass is 404 g/mol. The number of amides is 1. The lowest BCUT2D eigenvalue weighted by Crippen LogP contribution is -2.33. The lowest BCUT2D eigenvalue weighted by Gasteiger charge is -2.23. The minimum absolute atomic E-state index is 0. The number of piperidine rings is 1.